The number of hydrogen-bond donors (Lipinski definition) is 0. The van der Waals surface area contributed by atoms with Crippen LogP contribution in [0, 0.1) is 41.3 Å². The highest BCUT2D eigenvalue weighted by molar-refractivity contribution is 5.99. The summed E-state index contributed by atoms with van der Waals surface area (Å²) in [5.41, 5.74) is 2.12. The second-order valence-electron chi connectivity index (χ2n) is 19.6. The van der Waals surface area contributed by atoms with E-state index in [2.05, 4.69) is 44.0 Å². The van der Waals surface area contributed by atoms with Crippen LogP contribution in [-0.2, 0) is 47.5 Å². The summed E-state index contributed by atoms with van der Waals surface area (Å²) >= 11 is 0. The molecule has 5 fully saturated rings. The predicted molar refractivity (Wildman–Crippen MR) is 234 cm³/mol. The SMILES string of the molecule is CC[C@H]1CCC[C@H](O[C@H]2CC[C@H](N(C)C)C(C)O2)[C@@H](C)C(=O)C2=C[C@@H]3[C@@H](C[C@@H](n4cc(-c5ccc(F)cc5)nn4)[C@@H]4C[C@@H](O[C@@H]5OC(C)[C@H](OC)C(OC)[C@@H]5OC)C[C@@H]34)[C@@H]2CC(=O)O1. The summed E-state index contributed by atoms with van der Waals surface area (Å²) in [6.07, 6.45) is 7.43. The third-order valence-corrected chi connectivity index (χ3v) is 15.8. The summed E-state index contributed by atoms with van der Waals surface area (Å²) in [6, 6.07) is 6.44. The molecular weight excluding hydrogens is 824 g/mol. The van der Waals surface area contributed by atoms with Gasteiger partial charge in [-0.1, -0.05) is 25.1 Å². The molecule has 3 aliphatic carbocycles. The van der Waals surface area contributed by atoms with Crippen molar-refractivity contribution in [1.82, 2.24) is 19.9 Å². The Balaban J connectivity index is 1.11. The third kappa shape index (κ3) is 9.65. The van der Waals surface area contributed by atoms with Crippen molar-refractivity contribution in [3.8, 4) is 11.3 Å². The van der Waals surface area contributed by atoms with E-state index in [-0.39, 0.29) is 96.2 Å². The van der Waals surface area contributed by atoms with Crippen molar-refractivity contribution in [1.29, 1.82) is 0 Å². The molecule has 4 heterocycles. The van der Waals surface area contributed by atoms with Crippen molar-refractivity contribution in [2.75, 3.05) is 35.4 Å². The number of hydrogen-bond acceptors (Lipinski definition) is 13. The van der Waals surface area contributed by atoms with Gasteiger partial charge < -0.3 is 42.8 Å². The van der Waals surface area contributed by atoms with E-state index in [0.29, 0.717) is 55.8 Å². The van der Waals surface area contributed by atoms with Crippen molar-refractivity contribution in [3.63, 3.8) is 0 Å². The number of likely N-dealkylation sites (N-methyl/N-ethyl adjacent to an activating group) is 1. The van der Waals surface area contributed by atoms with Crippen molar-refractivity contribution in [2.45, 2.75) is 165 Å². The largest absolute Gasteiger partial charge is 0.462 e. The van der Waals surface area contributed by atoms with Gasteiger partial charge in [0.25, 0.3) is 0 Å². The van der Waals surface area contributed by atoms with E-state index in [1.807, 2.05) is 24.7 Å². The van der Waals surface area contributed by atoms with Crippen LogP contribution in [0.3, 0.4) is 0 Å². The number of esters is 1. The Hall–Kier alpha value is -3.15. The zero-order chi connectivity index (χ0) is 45.4. The number of carbonyl (C=O) groups excluding carboxylic acids is 2. The van der Waals surface area contributed by atoms with E-state index in [1.165, 1.54) is 12.1 Å². The van der Waals surface area contributed by atoms with E-state index in [4.69, 9.17) is 43.1 Å². The molecule has 64 heavy (non-hydrogen) atoms. The van der Waals surface area contributed by atoms with E-state index < -0.39 is 30.7 Å². The minimum atomic E-state index is -0.699. The molecule has 3 aliphatic heterocycles. The molecular formula is C49H71FN4O10. The Morgan fingerprint density at radius 1 is 0.844 bits per heavy atom. The average Bonchev–Trinajstić information content (AvgIpc) is 4.02. The third-order valence-electron chi connectivity index (χ3n) is 15.8. The van der Waals surface area contributed by atoms with Crippen LogP contribution in [0.5, 0.6) is 0 Å². The number of halogens is 1. The van der Waals surface area contributed by atoms with Crippen LogP contribution in [0.4, 0.5) is 4.39 Å². The first-order valence-electron chi connectivity index (χ1n) is 23.8. The lowest BCUT2D eigenvalue weighted by atomic mass is 9.64. The minimum absolute atomic E-state index is 0.00451. The summed E-state index contributed by atoms with van der Waals surface area (Å²) in [5.74, 6) is -1.22. The molecule has 3 unspecified atom stereocenters. The van der Waals surface area contributed by atoms with Gasteiger partial charge >= 0.3 is 5.97 Å². The highest BCUT2D eigenvalue weighted by atomic mass is 19.1. The molecule has 354 valence electrons. The molecule has 0 N–H and O–H groups in total. The first-order valence-corrected chi connectivity index (χ1v) is 23.8. The highest BCUT2D eigenvalue weighted by Gasteiger charge is 2.57. The molecule has 1 aromatic heterocycles. The molecule has 15 heteroatoms. The maximum absolute atomic E-state index is 15.2. The van der Waals surface area contributed by atoms with Gasteiger partial charge in [-0.2, -0.15) is 0 Å². The molecule has 0 bridgehead atoms. The monoisotopic (exact) mass is 895 g/mol. The molecule has 1 aromatic carbocycles. The van der Waals surface area contributed by atoms with Gasteiger partial charge in [0.05, 0.1) is 43.1 Å². The van der Waals surface area contributed by atoms with Crippen LogP contribution in [0.1, 0.15) is 97.9 Å². The van der Waals surface area contributed by atoms with Crippen LogP contribution in [0.15, 0.2) is 42.1 Å². The molecule has 0 spiro atoms. The lowest BCUT2D eigenvalue weighted by Crippen LogP contribution is -2.59. The second kappa shape index (κ2) is 20.4. The Kier molecular flexibility index (Phi) is 15.1. The second-order valence-corrected chi connectivity index (χ2v) is 19.6. The van der Waals surface area contributed by atoms with E-state index >= 15 is 4.79 Å². The lowest BCUT2D eigenvalue weighted by Gasteiger charge is -2.44. The number of ether oxygens (including phenoxy) is 8. The number of cyclic esters (lactones) is 1. The zero-order valence-corrected chi connectivity index (χ0v) is 39.2. The van der Waals surface area contributed by atoms with Crippen LogP contribution in [0.2, 0.25) is 0 Å². The average molecular weight is 895 g/mol. The van der Waals surface area contributed by atoms with Gasteiger partial charge in [-0.3, -0.25) is 9.59 Å². The minimum Gasteiger partial charge on any atom is -0.462 e. The fourth-order valence-electron chi connectivity index (χ4n) is 12.4. The molecule has 18 atom stereocenters. The van der Waals surface area contributed by atoms with Crippen LogP contribution < -0.4 is 0 Å². The number of aromatic nitrogens is 3. The lowest BCUT2D eigenvalue weighted by molar-refractivity contribution is -0.314. The number of rotatable bonds is 11. The van der Waals surface area contributed by atoms with Gasteiger partial charge in [-0.15, -0.1) is 5.10 Å². The number of allylic oxidation sites excluding steroid dienone is 2. The predicted octanol–water partition coefficient (Wildman–Crippen LogP) is 6.96. The maximum atomic E-state index is 15.2. The zero-order valence-electron chi connectivity index (χ0n) is 39.2. The topological polar surface area (TPSA) is 142 Å². The molecule has 0 radical (unpaired) electrons. The summed E-state index contributed by atoms with van der Waals surface area (Å²) in [5, 5.41) is 9.29. The number of nitrogens with zero attached hydrogens (tertiary/aromatic N) is 4. The fourth-order valence-corrected chi connectivity index (χ4v) is 12.4. The first kappa shape index (κ1) is 47.3. The van der Waals surface area contributed by atoms with Gasteiger partial charge in [0, 0.05) is 44.8 Å². The highest BCUT2D eigenvalue weighted by Crippen LogP contribution is 2.60. The summed E-state index contributed by atoms with van der Waals surface area (Å²) in [6.45, 7) is 8.11. The fraction of sp³-hybridized carbons (Fsp3) is 0.755. The number of Topliss-reactive ketones (excluding diaryl/α,β-unsaturated/α-hetero) is 1. The Labute approximate surface area is 378 Å². The molecule has 6 aliphatic rings. The standard InChI is InChI=1S/C49H71FN4O10/c1-10-31-12-11-13-42(64-44-19-18-40(53(5)6)27(3)60-44)26(2)45(56)38-22-34-33-20-32(63-49-48(59-9)47(58-8)46(57-7)28(4)61-49)21-37(33)41(23-35(34)36(38)24-43(55)62-31)54-25-39(51-52-54)29-14-16-30(50)17-15-29/h14-17,22,25-28,31-37,40-42,44,46-49H,10-13,18-21,23-24H2,1-9H3/t26-,27?,28?,31+,32+,33+,34+,35-,36+,37-,40+,41-,42+,44+,46+,47?,48+,49+/m1/s1. The van der Waals surface area contributed by atoms with E-state index in [1.54, 1.807) is 33.5 Å². The smallest absolute Gasteiger partial charge is 0.306 e. The number of benzene rings is 1. The normalized spacial score (nSPS) is 40.8. The summed E-state index contributed by atoms with van der Waals surface area (Å²) < 4.78 is 66.4. The van der Waals surface area contributed by atoms with E-state index in [0.717, 1.165) is 24.8 Å². The van der Waals surface area contributed by atoms with Gasteiger partial charge in [0.15, 0.2) is 18.4 Å². The quantitative estimate of drug-likeness (QED) is 0.215. The van der Waals surface area contributed by atoms with Crippen molar-refractivity contribution >= 4 is 11.8 Å². The number of fused-ring (bicyclic) bond motifs is 5. The Bertz CT molecular complexity index is 1930. The van der Waals surface area contributed by atoms with Crippen molar-refractivity contribution in [3.05, 3.63) is 47.9 Å². The summed E-state index contributed by atoms with van der Waals surface area (Å²) in [7, 11) is 9.08. The van der Waals surface area contributed by atoms with Crippen LogP contribution in [0.25, 0.3) is 11.3 Å². The Morgan fingerprint density at radius 3 is 2.27 bits per heavy atom. The first-order chi connectivity index (χ1) is 30.8. The molecule has 0 amide bonds. The molecule has 8 rings (SSSR count). The van der Waals surface area contributed by atoms with Crippen LogP contribution in [-0.4, -0.2) is 135 Å². The molecule has 14 nitrogen and oxygen atoms in total. The van der Waals surface area contributed by atoms with Gasteiger partial charge in [0.1, 0.15) is 35.9 Å². The van der Waals surface area contributed by atoms with Gasteiger partial charge in [-0.25, -0.2) is 9.07 Å². The van der Waals surface area contributed by atoms with E-state index in [9.17, 15) is 9.18 Å². The van der Waals surface area contributed by atoms with Crippen LogP contribution >= 0.6 is 0 Å². The van der Waals surface area contributed by atoms with Gasteiger partial charge in [-0.05, 0) is 139 Å². The maximum Gasteiger partial charge on any atom is 0.306 e. The van der Waals surface area contributed by atoms with Crippen molar-refractivity contribution in [2.24, 2.45) is 35.5 Å². The summed E-state index contributed by atoms with van der Waals surface area (Å²) in [4.78, 5) is 31.4. The number of carbonyl (C=O) groups is 2. The number of ketones is 1. The Morgan fingerprint density at radius 2 is 1.58 bits per heavy atom. The van der Waals surface area contributed by atoms with Crippen molar-refractivity contribution < 1.29 is 51.9 Å². The molecule has 3 saturated heterocycles. The number of methoxy groups -OCH3 is 3. The molecule has 2 saturated carbocycles. The molecule has 2 aromatic rings. The van der Waals surface area contributed by atoms with Gasteiger partial charge in [0.2, 0.25) is 0 Å².